The number of esters is 1. The minimum Gasteiger partial charge on any atom is -0.482 e. The fourth-order valence-electron chi connectivity index (χ4n) is 2.13. The minimum atomic E-state index is -0.642. The van der Waals surface area contributed by atoms with Crippen LogP contribution in [0, 0.1) is 0 Å². The lowest BCUT2D eigenvalue weighted by Gasteiger charge is -2.23. The average molecular weight is 364 g/mol. The Bertz CT molecular complexity index is 637. The van der Waals surface area contributed by atoms with E-state index in [0.717, 1.165) is 12.0 Å². The molecule has 0 unspecified atom stereocenters. The SMILES string of the molecule is CCc1ccccc1OCC(=O)OCC(=O)N(C)CC(=O)NC(C)(C)C. The summed E-state index contributed by atoms with van der Waals surface area (Å²) in [6.07, 6.45) is 0.783. The van der Waals surface area contributed by atoms with Crippen molar-refractivity contribution in [3.05, 3.63) is 29.8 Å². The number of para-hydroxylation sites is 1. The highest BCUT2D eigenvalue weighted by Gasteiger charge is 2.19. The fraction of sp³-hybridized carbons (Fsp3) is 0.526. The largest absolute Gasteiger partial charge is 0.482 e. The number of carbonyl (C=O) groups excluding carboxylic acids is 3. The van der Waals surface area contributed by atoms with Crippen LogP contribution in [-0.2, 0) is 25.5 Å². The maximum atomic E-state index is 12.0. The first-order valence-electron chi connectivity index (χ1n) is 8.53. The van der Waals surface area contributed by atoms with E-state index in [0.29, 0.717) is 5.75 Å². The van der Waals surface area contributed by atoms with E-state index in [4.69, 9.17) is 9.47 Å². The standard InChI is InChI=1S/C19H28N2O5/c1-6-14-9-7-8-10-15(14)25-13-18(24)26-12-17(23)21(5)11-16(22)20-19(2,3)4/h7-10H,6,11-13H2,1-5H3,(H,20,22). The molecular formula is C19H28N2O5. The van der Waals surface area contributed by atoms with Crippen LogP contribution in [0.3, 0.4) is 0 Å². The lowest BCUT2D eigenvalue weighted by molar-refractivity contribution is -0.153. The minimum absolute atomic E-state index is 0.103. The Morgan fingerprint density at radius 2 is 1.77 bits per heavy atom. The van der Waals surface area contributed by atoms with E-state index in [2.05, 4.69) is 5.32 Å². The van der Waals surface area contributed by atoms with Crippen LogP contribution in [0.2, 0.25) is 0 Å². The first-order valence-corrected chi connectivity index (χ1v) is 8.53. The molecule has 0 spiro atoms. The van der Waals surface area contributed by atoms with Crippen LogP contribution in [0.15, 0.2) is 24.3 Å². The molecule has 144 valence electrons. The molecule has 0 aliphatic carbocycles. The molecule has 0 saturated heterocycles. The number of aryl methyl sites for hydroxylation is 1. The van der Waals surface area contributed by atoms with Crippen molar-refractivity contribution in [1.82, 2.24) is 10.2 Å². The zero-order chi connectivity index (χ0) is 19.7. The molecule has 7 nitrogen and oxygen atoms in total. The molecular weight excluding hydrogens is 336 g/mol. The van der Waals surface area contributed by atoms with Crippen molar-refractivity contribution in [3.8, 4) is 5.75 Å². The van der Waals surface area contributed by atoms with E-state index in [9.17, 15) is 14.4 Å². The number of nitrogens with one attached hydrogen (secondary N) is 1. The zero-order valence-corrected chi connectivity index (χ0v) is 16.1. The molecule has 0 bridgehead atoms. The van der Waals surface area contributed by atoms with Crippen molar-refractivity contribution in [2.45, 2.75) is 39.7 Å². The average Bonchev–Trinajstić information content (AvgIpc) is 2.56. The van der Waals surface area contributed by atoms with Crippen molar-refractivity contribution in [2.24, 2.45) is 0 Å². The van der Waals surface area contributed by atoms with E-state index in [1.54, 1.807) is 6.07 Å². The van der Waals surface area contributed by atoms with Gasteiger partial charge in [-0.25, -0.2) is 4.79 Å². The molecule has 0 aliphatic heterocycles. The summed E-state index contributed by atoms with van der Waals surface area (Å²) in [6.45, 7) is 6.73. The van der Waals surface area contributed by atoms with Crippen molar-refractivity contribution in [1.29, 1.82) is 0 Å². The summed E-state index contributed by atoms with van der Waals surface area (Å²) >= 11 is 0. The molecule has 1 aromatic rings. The summed E-state index contributed by atoms with van der Waals surface area (Å²) in [5, 5.41) is 2.76. The molecule has 0 aromatic heterocycles. The van der Waals surface area contributed by atoms with Crippen molar-refractivity contribution >= 4 is 17.8 Å². The normalized spacial score (nSPS) is 10.8. The van der Waals surface area contributed by atoms with Crippen molar-refractivity contribution < 1.29 is 23.9 Å². The summed E-state index contributed by atoms with van der Waals surface area (Å²) in [5.41, 5.74) is 0.612. The van der Waals surface area contributed by atoms with Gasteiger partial charge in [0.15, 0.2) is 13.2 Å². The van der Waals surface area contributed by atoms with Crippen molar-refractivity contribution in [2.75, 3.05) is 26.8 Å². The summed E-state index contributed by atoms with van der Waals surface area (Å²) in [5.74, 6) is -0.762. The van der Waals surface area contributed by atoms with E-state index >= 15 is 0 Å². The number of rotatable bonds is 8. The van der Waals surface area contributed by atoms with Gasteiger partial charge in [0, 0.05) is 12.6 Å². The molecule has 0 fully saturated rings. The molecule has 2 amide bonds. The third-order valence-electron chi connectivity index (χ3n) is 3.38. The molecule has 0 heterocycles. The van der Waals surface area contributed by atoms with Gasteiger partial charge < -0.3 is 19.7 Å². The number of nitrogens with zero attached hydrogens (tertiary/aromatic N) is 1. The van der Waals surface area contributed by atoms with Gasteiger partial charge >= 0.3 is 5.97 Å². The van der Waals surface area contributed by atoms with Crippen molar-refractivity contribution in [3.63, 3.8) is 0 Å². The lowest BCUT2D eigenvalue weighted by atomic mass is 10.1. The van der Waals surface area contributed by atoms with Gasteiger partial charge in [0.2, 0.25) is 5.91 Å². The summed E-state index contributed by atoms with van der Waals surface area (Å²) in [4.78, 5) is 36.7. The highest BCUT2D eigenvalue weighted by atomic mass is 16.6. The van der Waals surface area contributed by atoms with Gasteiger partial charge in [-0.15, -0.1) is 0 Å². The number of hydrogen-bond acceptors (Lipinski definition) is 5. The second-order valence-electron chi connectivity index (χ2n) is 6.96. The monoisotopic (exact) mass is 364 g/mol. The Morgan fingerprint density at radius 1 is 1.12 bits per heavy atom. The van der Waals surface area contributed by atoms with E-state index in [-0.39, 0.29) is 24.6 Å². The molecule has 0 atom stereocenters. The third kappa shape index (κ3) is 8.00. The molecule has 1 N–H and O–H groups in total. The van der Waals surface area contributed by atoms with Gasteiger partial charge in [-0.1, -0.05) is 25.1 Å². The van der Waals surface area contributed by atoms with Gasteiger partial charge in [-0.2, -0.15) is 0 Å². The summed E-state index contributed by atoms with van der Waals surface area (Å²) in [7, 11) is 1.48. The Hall–Kier alpha value is -2.57. The predicted molar refractivity (Wildman–Crippen MR) is 97.8 cm³/mol. The van der Waals surface area contributed by atoms with Crippen LogP contribution >= 0.6 is 0 Å². The number of likely N-dealkylation sites (N-methyl/N-ethyl adjacent to an activating group) is 1. The van der Waals surface area contributed by atoms with Crippen LogP contribution in [-0.4, -0.2) is 55.0 Å². The first-order chi connectivity index (χ1) is 12.1. The summed E-state index contributed by atoms with van der Waals surface area (Å²) in [6, 6.07) is 7.41. The van der Waals surface area contributed by atoms with E-state index in [1.165, 1.54) is 11.9 Å². The number of benzene rings is 1. The first kappa shape index (κ1) is 21.5. The Labute approximate surface area is 154 Å². The van der Waals surface area contributed by atoms with Gasteiger partial charge in [0.1, 0.15) is 5.75 Å². The van der Waals surface area contributed by atoms with Gasteiger partial charge in [-0.3, -0.25) is 9.59 Å². The fourth-order valence-corrected chi connectivity index (χ4v) is 2.13. The molecule has 1 aromatic carbocycles. The van der Waals surface area contributed by atoms with Gasteiger partial charge in [0.05, 0.1) is 6.54 Å². The second-order valence-corrected chi connectivity index (χ2v) is 6.96. The highest BCUT2D eigenvalue weighted by Crippen LogP contribution is 2.18. The lowest BCUT2D eigenvalue weighted by Crippen LogP contribution is -2.47. The Kier molecular flexibility index (Phi) is 8.09. The Balaban J connectivity index is 2.37. The maximum absolute atomic E-state index is 12.0. The highest BCUT2D eigenvalue weighted by molar-refractivity contribution is 5.86. The summed E-state index contributed by atoms with van der Waals surface area (Å²) < 4.78 is 10.4. The molecule has 7 heteroatoms. The predicted octanol–water partition coefficient (Wildman–Crippen LogP) is 1.54. The molecule has 0 radical (unpaired) electrons. The Morgan fingerprint density at radius 3 is 2.38 bits per heavy atom. The number of hydrogen-bond donors (Lipinski definition) is 1. The molecule has 26 heavy (non-hydrogen) atoms. The van der Waals surface area contributed by atoms with Gasteiger partial charge in [-0.05, 0) is 38.8 Å². The smallest absolute Gasteiger partial charge is 0.344 e. The number of ether oxygens (including phenoxy) is 2. The van der Waals surface area contributed by atoms with Crippen LogP contribution in [0.1, 0.15) is 33.3 Å². The van der Waals surface area contributed by atoms with Crippen LogP contribution < -0.4 is 10.1 Å². The maximum Gasteiger partial charge on any atom is 0.344 e. The third-order valence-corrected chi connectivity index (χ3v) is 3.38. The number of amides is 2. The quantitative estimate of drug-likeness (QED) is 0.708. The van der Waals surface area contributed by atoms with Crippen LogP contribution in [0.5, 0.6) is 5.75 Å². The second kappa shape index (κ2) is 9.79. The zero-order valence-electron chi connectivity index (χ0n) is 16.1. The molecule has 0 saturated carbocycles. The molecule has 0 aliphatic rings. The number of carbonyl (C=O) groups is 3. The van der Waals surface area contributed by atoms with Crippen LogP contribution in [0.4, 0.5) is 0 Å². The van der Waals surface area contributed by atoms with Crippen LogP contribution in [0.25, 0.3) is 0 Å². The molecule has 1 rings (SSSR count). The topological polar surface area (TPSA) is 84.9 Å². The van der Waals surface area contributed by atoms with E-state index in [1.807, 2.05) is 45.9 Å². The van der Waals surface area contributed by atoms with Gasteiger partial charge in [0.25, 0.3) is 5.91 Å². The van der Waals surface area contributed by atoms with E-state index < -0.39 is 18.5 Å².